The van der Waals surface area contributed by atoms with Crippen molar-refractivity contribution in [1.29, 1.82) is 0 Å². The summed E-state index contributed by atoms with van der Waals surface area (Å²) in [5, 5.41) is 17.6. The summed E-state index contributed by atoms with van der Waals surface area (Å²) in [5.41, 5.74) is 0. The number of aliphatic hydroxyl groups is 1. The molecule has 0 unspecified atom stereocenters. The third-order valence-electron chi connectivity index (χ3n) is 1.55. The van der Waals surface area contributed by atoms with E-state index in [1.807, 2.05) is 0 Å². The normalized spacial score (nSPS) is 22.6. The average molecular weight is 162 g/mol. The van der Waals surface area contributed by atoms with E-state index in [1.54, 1.807) is 0 Å². The van der Waals surface area contributed by atoms with Gasteiger partial charge in [-0.15, -0.1) is 0 Å². The van der Waals surface area contributed by atoms with Crippen molar-refractivity contribution in [1.82, 2.24) is 0 Å². The summed E-state index contributed by atoms with van der Waals surface area (Å²) in [6.45, 7) is 0.674. The van der Waals surface area contributed by atoms with Crippen molar-refractivity contribution in [2.75, 3.05) is 13.2 Å². The predicted molar refractivity (Wildman–Crippen MR) is 34.1 cm³/mol. The molecule has 11 heavy (non-hydrogen) atoms. The van der Waals surface area contributed by atoms with Crippen molar-refractivity contribution in [3.63, 3.8) is 0 Å². The Bertz CT molecular complexity index is 149. The molecule has 1 rings (SSSR count). The molecule has 0 aliphatic carbocycles. The van der Waals surface area contributed by atoms with Gasteiger partial charge >= 0.3 is 6.16 Å². The molecule has 0 aromatic heterocycles. The second-order valence-corrected chi connectivity index (χ2v) is 2.43. The van der Waals surface area contributed by atoms with Gasteiger partial charge < -0.3 is 19.7 Å². The Labute approximate surface area is 63.5 Å². The van der Waals surface area contributed by atoms with Crippen LogP contribution in [0.2, 0.25) is 0 Å². The molecule has 1 aliphatic heterocycles. The van der Waals surface area contributed by atoms with Crippen LogP contribution in [0.15, 0.2) is 0 Å². The van der Waals surface area contributed by atoms with Crippen LogP contribution >= 0.6 is 0 Å². The van der Waals surface area contributed by atoms with Crippen molar-refractivity contribution < 1.29 is 24.5 Å². The second-order valence-electron chi connectivity index (χ2n) is 2.43. The minimum absolute atomic E-state index is 0.208. The number of hydrogen-bond acceptors (Lipinski definition) is 4. The Morgan fingerprint density at radius 3 is 2.45 bits per heavy atom. The van der Waals surface area contributed by atoms with E-state index in [0.717, 1.165) is 0 Å². The largest absolute Gasteiger partial charge is 0.508 e. The molecule has 2 N–H and O–H groups in total. The molecule has 0 saturated carbocycles. The monoisotopic (exact) mass is 162 g/mol. The number of ether oxygens (including phenoxy) is 2. The fraction of sp³-hybridized carbons (Fsp3) is 0.833. The van der Waals surface area contributed by atoms with E-state index in [1.165, 1.54) is 0 Å². The molecular formula is C6H10O5. The van der Waals surface area contributed by atoms with Crippen molar-refractivity contribution in [3.8, 4) is 0 Å². The molecule has 0 amide bonds. The molecule has 64 valence electrons. The van der Waals surface area contributed by atoms with Gasteiger partial charge in [0, 0.05) is 12.8 Å². The number of carbonyl (C=O) groups is 1. The summed E-state index contributed by atoms with van der Waals surface area (Å²) in [5.74, 6) is -1.52. The number of rotatable bonds is 1. The second kappa shape index (κ2) is 3.06. The highest BCUT2D eigenvalue weighted by molar-refractivity contribution is 5.57. The summed E-state index contributed by atoms with van der Waals surface area (Å²) in [6.07, 6.45) is -1.03. The summed E-state index contributed by atoms with van der Waals surface area (Å²) in [7, 11) is 0. The summed E-state index contributed by atoms with van der Waals surface area (Å²) >= 11 is 0. The fourth-order valence-corrected chi connectivity index (χ4v) is 0.955. The van der Waals surface area contributed by atoms with Gasteiger partial charge in [0.05, 0.1) is 13.2 Å². The zero-order valence-corrected chi connectivity index (χ0v) is 5.95. The standard InChI is InChI=1S/C6H10O5/c7-5(8)11-6(9)1-3-10-4-2-6/h9H,1-4H2,(H,7,8). The van der Waals surface area contributed by atoms with Gasteiger partial charge in [0.25, 0.3) is 0 Å². The lowest BCUT2D eigenvalue weighted by Gasteiger charge is -2.29. The Hall–Kier alpha value is -0.810. The van der Waals surface area contributed by atoms with Gasteiger partial charge in [-0.2, -0.15) is 0 Å². The van der Waals surface area contributed by atoms with Gasteiger partial charge in [-0.3, -0.25) is 0 Å². The van der Waals surface area contributed by atoms with E-state index in [0.29, 0.717) is 13.2 Å². The van der Waals surface area contributed by atoms with E-state index in [9.17, 15) is 9.90 Å². The quantitative estimate of drug-likeness (QED) is 0.425. The zero-order chi connectivity index (χ0) is 8.32. The van der Waals surface area contributed by atoms with Gasteiger partial charge in [-0.05, 0) is 0 Å². The summed E-state index contributed by atoms with van der Waals surface area (Å²) < 4.78 is 9.18. The topological polar surface area (TPSA) is 76.0 Å². The zero-order valence-electron chi connectivity index (χ0n) is 5.95. The smallest absolute Gasteiger partial charge is 0.450 e. The highest BCUT2D eigenvalue weighted by Crippen LogP contribution is 2.21. The third kappa shape index (κ3) is 2.36. The van der Waals surface area contributed by atoms with Crippen LogP contribution in [0.4, 0.5) is 4.79 Å². The van der Waals surface area contributed by atoms with Crippen molar-refractivity contribution >= 4 is 6.16 Å². The van der Waals surface area contributed by atoms with Crippen molar-refractivity contribution in [2.24, 2.45) is 0 Å². The third-order valence-corrected chi connectivity index (χ3v) is 1.55. The Morgan fingerprint density at radius 2 is 2.00 bits per heavy atom. The number of carboxylic acid groups (broad SMARTS) is 1. The Kier molecular flexibility index (Phi) is 2.31. The maximum absolute atomic E-state index is 10.0. The SMILES string of the molecule is O=C(O)OC1(O)CCOCC1. The summed E-state index contributed by atoms with van der Waals surface area (Å²) in [6, 6.07) is 0. The van der Waals surface area contributed by atoms with Gasteiger partial charge in [0.1, 0.15) is 0 Å². The van der Waals surface area contributed by atoms with Crippen LogP contribution in [0.5, 0.6) is 0 Å². The highest BCUT2D eigenvalue weighted by Gasteiger charge is 2.33. The molecular weight excluding hydrogens is 152 g/mol. The molecule has 0 atom stereocenters. The van der Waals surface area contributed by atoms with Crippen LogP contribution in [-0.4, -0.2) is 35.4 Å². The van der Waals surface area contributed by atoms with Gasteiger partial charge in [0.2, 0.25) is 5.79 Å². The van der Waals surface area contributed by atoms with Crippen LogP contribution in [0.3, 0.4) is 0 Å². The van der Waals surface area contributed by atoms with Crippen LogP contribution in [-0.2, 0) is 9.47 Å². The molecule has 1 saturated heterocycles. The fourth-order valence-electron chi connectivity index (χ4n) is 0.955. The molecule has 1 heterocycles. The van der Waals surface area contributed by atoms with Crippen LogP contribution in [0.1, 0.15) is 12.8 Å². The first-order chi connectivity index (χ1) is 5.12. The lowest BCUT2D eigenvalue weighted by molar-refractivity contribution is -0.213. The van der Waals surface area contributed by atoms with Crippen LogP contribution in [0, 0.1) is 0 Å². The average Bonchev–Trinajstić information content (AvgIpc) is 1.85. The van der Waals surface area contributed by atoms with Crippen LogP contribution < -0.4 is 0 Å². The van der Waals surface area contributed by atoms with Gasteiger partial charge in [-0.25, -0.2) is 4.79 Å². The molecule has 0 aromatic carbocycles. The minimum Gasteiger partial charge on any atom is -0.450 e. The van der Waals surface area contributed by atoms with Crippen molar-refractivity contribution in [3.05, 3.63) is 0 Å². The lowest BCUT2D eigenvalue weighted by Crippen LogP contribution is -2.40. The first-order valence-electron chi connectivity index (χ1n) is 3.34. The molecule has 0 aromatic rings. The Morgan fingerprint density at radius 1 is 1.45 bits per heavy atom. The van der Waals surface area contributed by atoms with E-state index in [4.69, 9.17) is 9.84 Å². The van der Waals surface area contributed by atoms with Crippen LogP contribution in [0.25, 0.3) is 0 Å². The molecule has 5 nitrogen and oxygen atoms in total. The summed E-state index contributed by atoms with van der Waals surface area (Å²) in [4.78, 5) is 10.0. The minimum atomic E-state index is -1.52. The predicted octanol–water partition coefficient (Wildman–Crippen LogP) is 0.180. The maximum atomic E-state index is 10.0. The first-order valence-corrected chi connectivity index (χ1v) is 3.34. The maximum Gasteiger partial charge on any atom is 0.508 e. The molecule has 1 fully saturated rings. The van der Waals surface area contributed by atoms with Crippen molar-refractivity contribution in [2.45, 2.75) is 18.6 Å². The molecule has 0 radical (unpaired) electrons. The van der Waals surface area contributed by atoms with Gasteiger partial charge in [-0.1, -0.05) is 0 Å². The van der Waals surface area contributed by atoms with E-state index < -0.39 is 11.9 Å². The van der Waals surface area contributed by atoms with E-state index >= 15 is 0 Å². The lowest BCUT2D eigenvalue weighted by atomic mass is 10.1. The first kappa shape index (κ1) is 8.29. The highest BCUT2D eigenvalue weighted by atomic mass is 16.7. The van der Waals surface area contributed by atoms with E-state index in [2.05, 4.69) is 4.74 Å². The number of hydrogen-bond donors (Lipinski definition) is 2. The van der Waals surface area contributed by atoms with Gasteiger partial charge in [0.15, 0.2) is 0 Å². The molecule has 0 bridgehead atoms. The van der Waals surface area contributed by atoms with E-state index in [-0.39, 0.29) is 12.8 Å². The molecule has 5 heteroatoms. The molecule has 1 aliphatic rings. The Balaban J connectivity index is 2.43. The molecule has 0 spiro atoms.